The molecule has 2 rings (SSSR count). The first-order valence-electron chi connectivity index (χ1n) is 4.48. The average Bonchev–Trinajstić information content (AvgIpc) is 2.49. The summed E-state index contributed by atoms with van der Waals surface area (Å²) in [5.74, 6) is 0. The summed E-state index contributed by atoms with van der Waals surface area (Å²) in [6, 6.07) is 0. The Morgan fingerprint density at radius 1 is 1.69 bits per heavy atom. The molecular formula is C9H15N3O. The summed E-state index contributed by atoms with van der Waals surface area (Å²) in [7, 11) is 1.71. The number of methoxy groups -OCH3 is 1. The van der Waals surface area contributed by atoms with E-state index in [1.165, 1.54) is 0 Å². The Morgan fingerprint density at radius 2 is 2.46 bits per heavy atom. The summed E-state index contributed by atoms with van der Waals surface area (Å²) in [5, 5.41) is 3.27. The van der Waals surface area contributed by atoms with Crippen LogP contribution in [0.4, 0.5) is 0 Å². The fourth-order valence-corrected chi connectivity index (χ4v) is 1.72. The smallest absolute Gasteiger partial charge is 0.0954 e. The summed E-state index contributed by atoms with van der Waals surface area (Å²) in [6.45, 7) is 4.89. The van der Waals surface area contributed by atoms with Crippen molar-refractivity contribution in [3.63, 3.8) is 0 Å². The van der Waals surface area contributed by atoms with Crippen LogP contribution in [-0.4, -0.2) is 29.8 Å². The van der Waals surface area contributed by atoms with Crippen LogP contribution in [0.2, 0.25) is 0 Å². The normalized spacial score (nSPS) is 19.8. The van der Waals surface area contributed by atoms with Crippen molar-refractivity contribution in [1.82, 2.24) is 14.9 Å². The number of nitrogens with zero attached hydrogens (tertiary/aromatic N) is 2. The molecule has 4 heteroatoms. The molecule has 0 atom stereocenters. The standard InChI is InChI=1S/C9H15N3O/c1-9(5-11-6-9)12-7-10-3-8(12)4-13-2/h3,7,11H,4-6H2,1-2H3. The molecular weight excluding hydrogens is 166 g/mol. The number of hydrogen-bond acceptors (Lipinski definition) is 3. The maximum Gasteiger partial charge on any atom is 0.0954 e. The van der Waals surface area contributed by atoms with Crippen molar-refractivity contribution >= 4 is 0 Å². The number of rotatable bonds is 3. The molecule has 0 amide bonds. The van der Waals surface area contributed by atoms with Crippen LogP contribution in [0, 0.1) is 0 Å². The molecule has 1 aromatic rings. The molecule has 72 valence electrons. The molecule has 0 radical (unpaired) electrons. The topological polar surface area (TPSA) is 39.1 Å². The highest BCUT2D eigenvalue weighted by Gasteiger charge is 2.34. The Kier molecular flexibility index (Phi) is 2.09. The van der Waals surface area contributed by atoms with Gasteiger partial charge >= 0.3 is 0 Å². The van der Waals surface area contributed by atoms with E-state index >= 15 is 0 Å². The van der Waals surface area contributed by atoms with E-state index in [1.807, 2.05) is 12.5 Å². The first-order valence-corrected chi connectivity index (χ1v) is 4.48. The van der Waals surface area contributed by atoms with Crippen molar-refractivity contribution in [2.45, 2.75) is 19.1 Å². The van der Waals surface area contributed by atoms with Crippen LogP contribution in [0.1, 0.15) is 12.6 Å². The van der Waals surface area contributed by atoms with Crippen molar-refractivity contribution in [2.75, 3.05) is 20.2 Å². The Labute approximate surface area is 77.9 Å². The summed E-state index contributed by atoms with van der Waals surface area (Å²) in [6.07, 6.45) is 3.75. The molecule has 1 aliphatic heterocycles. The lowest BCUT2D eigenvalue weighted by Crippen LogP contribution is -2.58. The maximum atomic E-state index is 5.11. The molecule has 0 spiro atoms. The van der Waals surface area contributed by atoms with E-state index in [0.717, 1.165) is 18.8 Å². The van der Waals surface area contributed by atoms with Crippen LogP contribution >= 0.6 is 0 Å². The molecule has 0 aromatic carbocycles. The molecule has 0 aliphatic carbocycles. The second kappa shape index (κ2) is 3.12. The highest BCUT2D eigenvalue weighted by atomic mass is 16.5. The van der Waals surface area contributed by atoms with Crippen LogP contribution < -0.4 is 5.32 Å². The molecule has 0 bridgehead atoms. The molecule has 0 saturated carbocycles. The van der Waals surface area contributed by atoms with Gasteiger partial charge in [-0.3, -0.25) is 0 Å². The third kappa shape index (κ3) is 1.36. The molecule has 1 aromatic heterocycles. The van der Waals surface area contributed by atoms with Crippen LogP contribution in [0.25, 0.3) is 0 Å². The van der Waals surface area contributed by atoms with Crippen molar-refractivity contribution < 1.29 is 4.74 Å². The third-order valence-corrected chi connectivity index (χ3v) is 2.60. The van der Waals surface area contributed by atoms with Crippen molar-refractivity contribution in [2.24, 2.45) is 0 Å². The lowest BCUT2D eigenvalue weighted by Gasteiger charge is -2.41. The quantitative estimate of drug-likeness (QED) is 0.731. The Hall–Kier alpha value is -0.870. The van der Waals surface area contributed by atoms with Gasteiger partial charge in [-0.1, -0.05) is 0 Å². The van der Waals surface area contributed by atoms with E-state index in [4.69, 9.17) is 4.74 Å². The predicted molar refractivity (Wildman–Crippen MR) is 49.5 cm³/mol. The number of nitrogens with one attached hydrogen (secondary N) is 1. The Balaban J connectivity index is 2.23. The molecule has 1 fully saturated rings. The number of imidazole rings is 1. The zero-order valence-electron chi connectivity index (χ0n) is 8.08. The van der Waals surface area contributed by atoms with Crippen molar-refractivity contribution in [1.29, 1.82) is 0 Å². The lowest BCUT2D eigenvalue weighted by molar-refractivity contribution is 0.150. The van der Waals surface area contributed by atoms with Gasteiger partial charge in [0.1, 0.15) is 0 Å². The second-order valence-electron chi connectivity index (χ2n) is 3.79. The van der Waals surface area contributed by atoms with E-state index in [0.29, 0.717) is 6.61 Å². The van der Waals surface area contributed by atoms with E-state index < -0.39 is 0 Å². The zero-order valence-corrected chi connectivity index (χ0v) is 8.08. The van der Waals surface area contributed by atoms with Crippen LogP contribution in [0.15, 0.2) is 12.5 Å². The molecule has 1 N–H and O–H groups in total. The summed E-state index contributed by atoms with van der Waals surface area (Å²) >= 11 is 0. The Morgan fingerprint density at radius 3 is 3.00 bits per heavy atom. The summed E-state index contributed by atoms with van der Waals surface area (Å²) < 4.78 is 7.31. The van der Waals surface area contributed by atoms with Gasteiger partial charge in [0.25, 0.3) is 0 Å². The fraction of sp³-hybridized carbons (Fsp3) is 0.667. The first-order chi connectivity index (χ1) is 6.26. The van der Waals surface area contributed by atoms with Crippen molar-refractivity contribution in [3.05, 3.63) is 18.2 Å². The molecule has 2 heterocycles. The molecule has 13 heavy (non-hydrogen) atoms. The predicted octanol–water partition coefficient (Wildman–Crippen LogP) is 0.348. The van der Waals surface area contributed by atoms with Gasteiger partial charge in [-0.05, 0) is 6.92 Å². The van der Waals surface area contributed by atoms with E-state index in [1.54, 1.807) is 7.11 Å². The van der Waals surface area contributed by atoms with E-state index in [9.17, 15) is 0 Å². The van der Waals surface area contributed by atoms with Crippen LogP contribution in [0.5, 0.6) is 0 Å². The monoisotopic (exact) mass is 181 g/mol. The minimum absolute atomic E-state index is 0.199. The average molecular weight is 181 g/mol. The summed E-state index contributed by atoms with van der Waals surface area (Å²) in [5.41, 5.74) is 1.34. The number of ether oxygens (including phenoxy) is 1. The molecule has 1 saturated heterocycles. The second-order valence-corrected chi connectivity index (χ2v) is 3.79. The van der Waals surface area contributed by atoms with Gasteiger partial charge in [-0.15, -0.1) is 0 Å². The third-order valence-electron chi connectivity index (χ3n) is 2.60. The van der Waals surface area contributed by atoms with Crippen LogP contribution in [0.3, 0.4) is 0 Å². The SMILES string of the molecule is COCc1cncn1C1(C)CNC1. The Bertz CT molecular complexity index is 291. The van der Waals surface area contributed by atoms with Gasteiger partial charge < -0.3 is 14.6 Å². The highest BCUT2D eigenvalue weighted by Crippen LogP contribution is 2.22. The summed E-state index contributed by atoms with van der Waals surface area (Å²) in [4.78, 5) is 4.14. The van der Waals surface area contributed by atoms with Gasteiger partial charge in [-0.2, -0.15) is 0 Å². The minimum Gasteiger partial charge on any atom is -0.378 e. The van der Waals surface area contributed by atoms with Gasteiger partial charge in [-0.25, -0.2) is 4.98 Å². The maximum absolute atomic E-state index is 5.11. The molecule has 1 aliphatic rings. The van der Waals surface area contributed by atoms with E-state index in [-0.39, 0.29) is 5.54 Å². The van der Waals surface area contributed by atoms with E-state index in [2.05, 4.69) is 21.8 Å². The highest BCUT2D eigenvalue weighted by molar-refractivity contribution is 5.07. The van der Waals surface area contributed by atoms with Gasteiger partial charge in [0.15, 0.2) is 0 Å². The first kappa shape index (κ1) is 8.72. The molecule has 4 nitrogen and oxygen atoms in total. The van der Waals surface area contributed by atoms with Gasteiger partial charge in [0, 0.05) is 20.2 Å². The number of aromatic nitrogens is 2. The van der Waals surface area contributed by atoms with Crippen LogP contribution in [-0.2, 0) is 16.9 Å². The fourth-order valence-electron chi connectivity index (χ4n) is 1.72. The lowest BCUT2D eigenvalue weighted by atomic mass is 9.95. The van der Waals surface area contributed by atoms with Crippen molar-refractivity contribution in [3.8, 4) is 0 Å². The van der Waals surface area contributed by atoms with Gasteiger partial charge in [0.2, 0.25) is 0 Å². The largest absolute Gasteiger partial charge is 0.378 e. The number of hydrogen-bond donors (Lipinski definition) is 1. The van der Waals surface area contributed by atoms with Gasteiger partial charge in [0.05, 0.1) is 30.4 Å². The zero-order chi connectivity index (χ0) is 9.31. The molecule has 0 unspecified atom stereocenters. The minimum atomic E-state index is 0.199.